The Bertz CT molecular complexity index is 644. The Morgan fingerprint density at radius 3 is 2.45 bits per heavy atom. The standard InChI is InChI=1S/C17H19NO4/c1-4-17(21-3)15(14-6-5-11-22-14)18(16(17)19)12-7-9-13(20-2)10-8-12/h5-11,15H,4H2,1-3H3/t15?,17-/m0/s1. The lowest BCUT2D eigenvalue weighted by molar-refractivity contribution is -0.161. The van der Waals surface area contributed by atoms with E-state index in [-0.39, 0.29) is 11.9 Å². The van der Waals surface area contributed by atoms with Crippen LogP contribution in [0.15, 0.2) is 47.1 Å². The van der Waals surface area contributed by atoms with E-state index >= 15 is 0 Å². The molecule has 1 aromatic carbocycles. The average Bonchev–Trinajstić information content (AvgIpc) is 3.08. The molecule has 2 aromatic rings. The quantitative estimate of drug-likeness (QED) is 0.796. The van der Waals surface area contributed by atoms with Crippen molar-refractivity contribution in [2.24, 2.45) is 0 Å². The van der Waals surface area contributed by atoms with Gasteiger partial charge in [0.1, 0.15) is 17.6 Å². The summed E-state index contributed by atoms with van der Waals surface area (Å²) in [6, 6.07) is 10.8. The van der Waals surface area contributed by atoms with Crippen molar-refractivity contribution in [2.75, 3.05) is 19.1 Å². The summed E-state index contributed by atoms with van der Waals surface area (Å²) in [4.78, 5) is 14.4. The number of carbonyl (C=O) groups excluding carboxylic acids is 1. The predicted octanol–water partition coefficient (Wildman–Crippen LogP) is 3.17. The number of nitrogens with zero attached hydrogens (tertiary/aromatic N) is 1. The predicted molar refractivity (Wildman–Crippen MR) is 82.0 cm³/mol. The van der Waals surface area contributed by atoms with Crippen molar-refractivity contribution in [1.82, 2.24) is 0 Å². The largest absolute Gasteiger partial charge is 0.497 e. The van der Waals surface area contributed by atoms with Gasteiger partial charge in [0.05, 0.1) is 13.4 Å². The lowest BCUT2D eigenvalue weighted by Crippen LogP contribution is -2.69. The minimum Gasteiger partial charge on any atom is -0.497 e. The van der Waals surface area contributed by atoms with Crippen molar-refractivity contribution in [1.29, 1.82) is 0 Å². The number of carbonyl (C=O) groups is 1. The number of furan rings is 1. The van der Waals surface area contributed by atoms with Gasteiger partial charge in [0.25, 0.3) is 5.91 Å². The highest BCUT2D eigenvalue weighted by molar-refractivity contribution is 6.08. The fourth-order valence-electron chi connectivity index (χ4n) is 3.08. The van der Waals surface area contributed by atoms with Gasteiger partial charge in [-0.25, -0.2) is 0 Å². The Morgan fingerprint density at radius 1 is 1.23 bits per heavy atom. The van der Waals surface area contributed by atoms with Crippen molar-refractivity contribution in [2.45, 2.75) is 25.0 Å². The van der Waals surface area contributed by atoms with Crippen LogP contribution in [-0.4, -0.2) is 25.7 Å². The highest BCUT2D eigenvalue weighted by Gasteiger charge is 2.62. The molecule has 5 nitrogen and oxygen atoms in total. The number of hydrogen-bond donors (Lipinski definition) is 0. The van der Waals surface area contributed by atoms with E-state index in [0.29, 0.717) is 6.42 Å². The molecule has 1 aliphatic heterocycles. The van der Waals surface area contributed by atoms with Gasteiger partial charge in [0.15, 0.2) is 5.60 Å². The Labute approximate surface area is 129 Å². The van der Waals surface area contributed by atoms with Gasteiger partial charge < -0.3 is 13.9 Å². The van der Waals surface area contributed by atoms with Crippen molar-refractivity contribution in [3.63, 3.8) is 0 Å². The summed E-state index contributed by atoms with van der Waals surface area (Å²) < 4.78 is 16.3. The third-order valence-corrected chi connectivity index (χ3v) is 4.33. The van der Waals surface area contributed by atoms with Crippen LogP contribution in [-0.2, 0) is 9.53 Å². The molecule has 0 radical (unpaired) electrons. The Morgan fingerprint density at radius 2 is 1.95 bits per heavy atom. The first-order valence-electron chi connectivity index (χ1n) is 7.24. The number of rotatable bonds is 5. The van der Waals surface area contributed by atoms with Crippen LogP contribution in [0.2, 0.25) is 0 Å². The van der Waals surface area contributed by atoms with E-state index in [0.717, 1.165) is 17.2 Å². The maximum atomic E-state index is 12.7. The maximum absolute atomic E-state index is 12.7. The SMILES string of the molecule is CC[C@@]1(OC)C(=O)N(c2ccc(OC)cc2)C1c1ccco1. The van der Waals surface area contributed by atoms with E-state index in [2.05, 4.69) is 0 Å². The van der Waals surface area contributed by atoms with Gasteiger partial charge >= 0.3 is 0 Å². The Kier molecular flexibility index (Phi) is 3.66. The Balaban J connectivity index is 2.01. The molecule has 116 valence electrons. The average molecular weight is 301 g/mol. The molecule has 1 amide bonds. The molecular weight excluding hydrogens is 282 g/mol. The minimum absolute atomic E-state index is 0.0518. The van der Waals surface area contributed by atoms with E-state index in [1.807, 2.05) is 43.3 Å². The van der Waals surface area contributed by atoms with Crippen LogP contribution in [0.5, 0.6) is 5.75 Å². The van der Waals surface area contributed by atoms with Crippen LogP contribution in [0.4, 0.5) is 5.69 Å². The summed E-state index contributed by atoms with van der Waals surface area (Å²) in [6.07, 6.45) is 2.20. The summed E-state index contributed by atoms with van der Waals surface area (Å²) in [7, 11) is 3.19. The zero-order chi connectivity index (χ0) is 15.7. The first-order valence-corrected chi connectivity index (χ1v) is 7.24. The molecule has 3 rings (SSSR count). The minimum atomic E-state index is -0.863. The molecule has 0 saturated carbocycles. The van der Waals surface area contributed by atoms with Crippen molar-refractivity contribution >= 4 is 11.6 Å². The van der Waals surface area contributed by atoms with Gasteiger partial charge in [-0.2, -0.15) is 0 Å². The molecule has 1 saturated heterocycles. The number of anilines is 1. The maximum Gasteiger partial charge on any atom is 0.262 e. The fraction of sp³-hybridized carbons (Fsp3) is 0.353. The highest BCUT2D eigenvalue weighted by atomic mass is 16.5. The van der Waals surface area contributed by atoms with Gasteiger partial charge in [-0.05, 0) is 42.8 Å². The molecule has 1 fully saturated rings. The second-order valence-corrected chi connectivity index (χ2v) is 5.24. The number of β-lactam (4-membered cyclic amide) rings is 1. The molecule has 0 aliphatic carbocycles. The third kappa shape index (κ3) is 1.93. The van der Waals surface area contributed by atoms with E-state index in [9.17, 15) is 4.79 Å². The smallest absolute Gasteiger partial charge is 0.262 e. The van der Waals surface area contributed by atoms with Gasteiger partial charge in [0.2, 0.25) is 0 Å². The second kappa shape index (κ2) is 5.50. The zero-order valence-electron chi connectivity index (χ0n) is 12.9. The number of hydrogen-bond acceptors (Lipinski definition) is 4. The molecule has 1 aromatic heterocycles. The Hall–Kier alpha value is -2.27. The number of ether oxygens (including phenoxy) is 2. The normalized spacial score (nSPS) is 24.2. The van der Waals surface area contributed by atoms with Crippen LogP contribution in [0, 0.1) is 0 Å². The van der Waals surface area contributed by atoms with Gasteiger partial charge in [-0.15, -0.1) is 0 Å². The topological polar surface area (TPSA) is 51.9 Å². The van der Waals surface area contributed by atoms with Crippen LogP contribution in [0.25, 0.3) is 0 Å². The van der Waals surface area contributed by atoms with Gasteiger partial charge in [-0.3, -0.25) is 9.69 Å². The lowest BCUT2D eigenvalue weighted by Gasteiger charge is -2.53. The van der Waals surface area contributed by atoms with Crippen LogP contribution in [0.1, 0.15) is 25.1 Å². The van der Waals surface area contributed by atoms with Crippen molar-refractivity contribution < 1.29 is 18.7 Å². The molecule has 0 spiro atoms. The molecular formula is C17H19NO4. The molecule has 0 bridgehead atoms. The summed E-state index contributed by atoms with van der Waals surface area (Å²) in [6.45, 7) is 1.95. The number of amides is 1. The number of benzene rings is 1. The molecule has 0 N–H and O–H groups in total. The molecule has 22 heavy (non-hydrogen) atoms. The first kappa shape index (κ1) is 14.7. The van der Waals surface area contributed by atoms with Crippen molar-refractivity contribution in [3.05, 3.63) is 48.4 Å². The van der Waals surface area contributed by atoms with Crippen LogP contribution < -0.4 is 9.64 Å². The van der Waals surface area contributed by atoms with Gasteiger partial charge in [0, 0.05) is 12.8 Å². The van der Waals surface area contributed by atoms with Crippen molar-refractivity contribution in [3.8, 4) is 5.75 Å². The molecule has 1 aliphatic rings. The highest BCUT2D eigenvalue weighted by Crippen LogP contribution is 2.50. The lowest BCUT2D eigenvalue weighted by atomic mass is 9.77. The summed E-state index contributed by atoms with van der Waals surface area (Å²) >= 11 is 0. The number of methoxy groups -OCH3 is 2. The fourth-order valence-corrected chi connectivity index (χ4v) is 3.08. The monoisotopic (exact) mass is 301 g/mol. The van der Waals surface area contributed by atoms with E-state index in [1.165, 1.54) is 0 Å². The summed E-state index contributed by atoms with van der Waals surface area (Å²) in [5.74, 6) is 1.42. The first-order chi connectivity index (χ1) is 10.7. The molecule has 1 unspecified atom stereocenters. The molecule has 2 heterocycles. The van der Waals surface area contributed by atoms with E-state index in [4.69, 9.17) is 13.9 Å². The summed E-state index contributed by atoms with van der Waals surface area (Å²) in [5.41, 5.74) is -0.0639. The van der Waals surface area contributed by atoms with Gasteiger partial charge in [-0.1, -0.05) is 6.92 Å². The van der Waals surface area contributed by atoms with Crippen LogP contribution >= 0.6 is 0 Å². The molecule has 5 heteroatoms. The van der Waals surface area contributed by atoms with E-state index < -0.39 is 5.60 Å². The summed E-state index contributed by atoms with van der Waals surface area (Å²) in [5, 5.41) is 0. The second-order valence-electron chi connectivity index (χ2n) is 5.24. The molecule has 2 atom stereocenters. The van der Waals surface area contributed by atoms with Crippen LogP contribution in [0.3, 0.4) is 0 Å². The van der Waals surface area contributed by atoms with E-state index in [1.54, 1.807) is 25.4 Å². The third-order valence-electron chi connectivity index (χ3n) is 4.33. The zero-order valence-corrected chi connectivity index (χ0v) is 12.9.